The third-order valence-corrected chi connectivity index (χ3v) is 5.49. The Balaban J connectivity index is 1.73. The third-order valence-electron chi connectivity index (χ3n) is 5.49. The maximum Gasteiger partial charge on any atom is 0.309 e. The molecule has 0 amide bonds. The predicted octanol–water partition coefficient (Wildman–Crippen LogP) is 4.75. The summed E-state index contributed by atoms with van der Waals surface area (Å²) in [5.41, 5.74) is 4.51. The van der Waals surface area contributed by atoms with E-state index < -0.39 is 0 Å². The molecule has 3 rings (SSSR count). The first-order valence-corrected chi connectivity index (χ1v) is 10.4. The Hall–Kier alpha value is -2.40. The van der Waals surface area contributed by atoms with Crippen LogP contribution in [-0.4, -0.2) is 28.3 Å². The van der Waals surface area contributed by atoms with Crippen LogP contribution in [0.3, 0.4) is 0 Å². The molecule has 1 saturated carbocycles. The van der Waals surface area contributed by atoms with E-state index in [0.29, 0.717) is 6.42 Å². The van der Waals surface area contributed by atoms with Crippen molar-refractivity contribution >= 4 is 5.97 Å². The van der Waals surface area contributed by atoms with Gasteiger partial charge in [0.2, 0.25) is 0 Å². The smallest absolute Gasteiger partial charge is 0.309 e. The largest absolute Gasteiger partial charge is 0.489 e. The van der Waals surface area contributed by atoms with E-state index in [0.717, 1.165) is 53.1 Å². The van der Waals surface area contributed by atoms with Crippen molar-refractivity contribution in [2.24, 2.45) is 5.92 Å². The van der Waals surface area contributed by atoms with Gasteiger partial charge in [-0.25, -0.2) is 4.98 Å². The van der Waals surface area contributed by atoms with E-state index in [4.69, 9.17) is 14.5 Å². The minimum absolute atomic E-state index is 0.00761. The van der Waals surface area contributed by atoms with Crippen LogP contribution in [-0.2, 0) is 16.1 Å². The van der Waals surface area contributed by atoms with Crippen LogP contribution in [0.25, 0.3) is 11.3 Å². The van der Waals surface area contributed by atoms with E-state index in [-0.39, 0.29) is 30.7 Å². The van der Waals surface area contributed by atoms with Crippen LogP contribution >= 0.6 is 0 Å². The monoisotopic (exact) mass is 397 g/mol. The number of aromatic nitrogens is 1. The standard InChI is InChI=1S/C24H31NO4/c1-15(2)28-24(27)18-8-6-9-19(13-18)29-23-12-11-22(25-17(23)4)20-10-5-7-16(3)21(20)14-26/h5,7,10-12,15,18-19,26H,6,8-9,13-14H2,1-4H3/t18-,19-/m0/s1. The number of hydrogen-bond donors (Lipinski definition) is 1. The zero-order valence-corrected chi connectivity index (χ0v) is 17.8. The zero-order valence-electron chi connectivity index (χ0n) is 17.8. The lowest BCUT2D eigenvalue weighted by Gasteiger charge is -2.29. The number of esters is 1. The maximum atomic E-state index is 12.3. The van der Waals surface area contributed by atoms with Crippen LogP contribution in [0.4, 0.5) is 0 Å². The van der Waals surface area contributed by atoms with Gasteiger partial charge < -0.3 is 14.6 Å². The number of aliphatic hydroxyl groups is 1. The molecule has 2 aromatic rings. The summed E-state index contributed by atoms with van der Waals surface area (Å²) in [5, 5.41) is 9.73. The molecule has 0 aliphatic heterocycles. The predicted molar refractivity (Wildman–Crippen MR) is 113 cm³/mol. The van der Waals surface area contributed by atoms with Gasteiger partial charge in [0.1, 0.15) is 5.75 Å². The Morgan fingerprint density at radius 3 is 2.69 bits per heavy atom. The highest BCUT2D eigenvalue weighted by molar-refractivity contribution is 5.72. The molecule has 0 radical (unpaired) electrons. The van der Waals surface area contributed by atoms with Crippen molar-refractivity contribution < 1.29 is 19.4 Å². The highest BCUT2D eigenvalue weighted by Crippen LogP contribution is 2.32. The van der Waals surface area contributed by atoms with Crippen LogP contribution in [0.1, 0.15) is 56.4 Å². The molecule has 1 heterocycles. The first-order valence-electron chi connectivity index (χ1n) is 10.4. The fourth-order valence-electron chi connectivity index (χ4n) is 3.95. The molecule has 0 unspecified atom stereocenters. The second-order valence-electron chi connectivity index (χ2n) is 8.13. The second kappa shape index (κ2) is 9.40. The van der Waals surface area contributed by atoms with Crippen molar-refractivity contribution in [3.05, 3.63) is 47.2 Å². The molecule has 29 heavy (non-hydrogen) atoms. The summed E-state index contributed by atoms with van der Waals surface area (Å²) in [5.74, 6) is 0.535. The van der Waals surface area contributed by atoms with Gasteiger partial charge in [-0.15, -0.1) is 0 Å². The molecule has 2 atom stereocenters. The van der Waals surface area contributed by atoms with Crippen LogP contribution < -0.4 is 4.74 Å². The molecule has 1 aliphatic carbocycles. The van der Waals surface area contributed by atoms with Gasteiger partial charge in [0.15, 0.2) is 0 Å². The maximum absolute atomic E-state index is 12.3. The molecule has 1 N–H and O–H groups in total. The summed E-state index contributed by atoms with van der Waals surface area (Å²) in [7, 11) is 0. The van der Waals surface area contributed by atoms with Gasteiger partial charge in [-0.3, -0.25) is 4.79 Å². The molecule has 5 nitrogen and oxygen atoms in total. The Bertz CT molecular complexity index is 862. The van der Waals surface area contributed by atoms with E-state index >= 15 is 0 Å². The summed E-state index contributed by atoms with van der Waals surface area (Å²) < 4.78 is 11.6. The van der Waals surface area contributed by atoms with Crippen molar-refractivity contribution in [1.29, 1.82) is 0 Å². The normalized spacial score (nSPS) is 19.2. The van der Waals surface area contributed by atoms with E-state index in [2.05, 4.69) is 0 Å². The number of aryl methyl sites for hydroxylation is 2. The first kappa shape index (κ1) is 21.3. The zero-order chi connectivity index (χ0) is 21.0. The molecular weight excluding hydrogens is 366 g/mol. The van der Waals surface area contributed by atoms with Crippen LogP contribution in [0.15, 0.2) is 30.3 Å². The number of nitrogens with zero attached hydrogens (tertiary/aromatic N) is 1. The van der Waals surface area contributed by atoms with E-state index in [1.165, 1.54) is 0 Å². The lowest BCUT2D eigenvalue weighted by Crippen LogP contribution is -2.31. The number of pyridine rings is 1. The molecule has 0 spiro atoms. The lowest BCUT2D eigenvalue weighted by molar-refractivity contribution is -0.154. The molecule has 0 saturated heterocycles. The van der Waals surface area contributed by atoms with E-state index in [1.807, 2.05) is 58.0 Å². The minimum atomic E-state index is -0.116. The van der Waals surface area contributed by atoms with Crippen molar-refractivity contribution in [3.8, 4) is 17.0 Å². The molecule has 1 aromatic carbocycles. The Labute approximate surface area is 173 Å². The van der Waals surface area contributed by atoms with Gasteiger partial charge >= 0.3 is 5.97 Å². The SMILES string of the molecule is Cc1cccc(-c2ccc(O[C@H]3CCC[C@H](C(=O)OC(C)C)C3)c(C)n2)c1CO. The molecule has 0 bridgehead atoms. The molecule has 1 aromatic heterocycles. The lowest BCUT2D eigenvalue weighted by atomic mass is 9.87. The minimum Gasteiger partial charge on any atom is -0.489 e. The molecular formula is C24H31NO4. The second-order valence-corrected chi connectivity index (χ2v) is 8.13. The average Bonchev–Trinajstić information content (AvgIpc) is 2.69. The fourth-order valence-corrected chi connectivity index (χ4v) is 3.95. The van der Waals surface area contributed by atoms with E-state index in [9.17, 15) is 9.90 Å². The first-order chi connectivity index (χ1) is 13.9. The van der Waals surface area contributed by atoms with Crippen molar-refractivity contribution in [2.75, 3.05) is 0 Å². The molecule has 1 aliphatic rings. The number of aliphatic hydroxyl groups excluding tert-OH is 1. The van der Waals surface area contributed by atoms with E-state index in [1.54, 1.807) is 0 Å². The number of rotatable bonds is 6. The Morgan fingerprint density at radius 2 is 2.00 bits per heavy atom. The number of ether oxygens (including phenoxy) is 2. The van der Waals surface area contributed by atoms with Crippen molar-refractivity contribution in [1.82, 2.24) is 4.98 Å². The van der Waals surface area contributed by atoms with Crippen LogP contribution in [0.2, 0.25) is 0 Å². The van der Waals surface area contributed by atoms with Gasteiger partial charge in [-0.05, 0) is 76.6 Å². The summed E-state index contributed by atoms with van der Waals surface area (Å²) in [4.78, 5) is 17.0. The Kier molecular flexibility index (Phi) is 6.91. The number of carbonyl (C=O) groups excluding carboxylic acids is 1. The summed E-state index contributed by atoms with van der Waals surface area (Å²) in [6.45, 7) is 7.66. The average molecular weight is 398 g/mol. The van der Waals surface area contributed by atoms with Gasteiger partial charge in [0.25, 0.3) is 0 Å². The summed E-state index contributed by atoms with van der Waals surface area (Å²) >= 11 is 0. The van der Waals surface area contributed by atoms with Gasteiger partial charge in [0, 0.05) is 5.56 Å². The van der Waals surface area contributed by atoms with Crippen LogP contribution in [0.5, 0.6) is 5.75 Å². The van der Waals surface area contributed by atoms with Crippen molar-refractivity contribution in [2.45, 2.75) is 72.2 Å². The van der Waals surface area contributed by atoms with Gasteiger partial charge in [-0.2, -0.15) is 0 Å². The van der Waals surface area contributed by atoms with Crippen LogP contribution in [0, 0.1) is 19.8 Å². The van der Waals surface area contributed by atoms with Gasteiger partial charge in [0.05, 0.1) is 36.1 Å². The topological polar surface area (TPSA) is 68.7 Å². The number of hydrogen-bond acceptors (Lipinski definition) is 5. The molecule has 156 valence electrons. The van der Waals surface area contributed by atoms with Gasteiger partial charge in [-0.1, -0.05) is 18.2 Å². The molecule has 1 fully saturated rings. The summed E-state index contributed by atoms with van der Waals surface area (Å²) in [6, 6.07) is 9.82. The van der Waals surface area contributed by atoms with Crippen molar-refractivity contribution in [3.63, 3.8) is 0 Å². The highest BCUT2D eigenvalue weighted by Gasteiger charge is 2.30. The highest BCUT2D eigenvalue weighted by atomic mass is 16.5. The quantitative estimate of drug-likeness (QED) is 0.713. The molecule has 5 heteroatoms. The third kappa shape index (κ3) is 5.15. The number of benzene rings is 1. The fraction of sp³-hybridized carbons (Fsp3) is 0.500. The number of carbonyl (C=O) groups is 1. The summed E-state index contributed by atoms with van der Waals surface area (Å²) in [6.07, 6.45) is 3.33. The Morgan fingerprint density at radius 1 is 1.21 bits per heavy atom.